The average molecular weight is 374 g/mol. The number of allylic oxidation sites excluding steroid dienone is 5. The average Bonchev–Trinajstić information content (AvgIpc) is 3.23. The molecule has 0 fully saturated rings. The third-order valence-corrected chi connectivity index (χ3v) is 4.11. The number of fused-ring (bicyclic) bond motifs is 1. The SMILES string of the molecule is [Cl][Ti][Cl].[c-]1ccc(C2=CC(C3=Cc4ccccc4C3)C=C2)cc1. The number of hydrogen-bond acceptors (Lipinski definition) is 0. The van der Waals surface area contributed by atoms with Gasteiger partial charge < -0.3 is 0 Å². The molecule has 0 aliphatic heterocycles. The summed E-state index contributed by atoms with van der Waals surface area (Å²) in [5.74, 6) is 0.446. The minimum Gasteiger partial charge on any atom is -0.184 e. The van der Waals surface area contributed by atoms with Crippen LogP contribution in [0.4, 0.5) is 0 Å². The molecule has 0 saturated heterocycles. The van der Waals surface area contributed by atoms with Gasteiger partial charge in [0.2, 0.25) is 0 Å². The Morgan fingerprint density at radius 1 is 1.04 bits per heavy atom. The summed E-state index contributed by atoms with van der Waals surface area (Å²) in [4.78, 5) is 0. The van der Waals surface area contributed by atoms with E-state index < -0.39 is 17.0 Å². The summed E-state index contributed by atoms with van der Waals surface area (Å²) in [7, 11) is 9.78. The Labute approximate surface area is 154 Å². The van der Waals surface area contributed by atoms with Crippen LogP contribution in [0.3, 0.4) is 0 Å². The van der Waals surface area contributed by atoms with E-state index in [0.29, 0.717) is 5.92 Å². The van der Waals surface area contributed by atoms with Crippen molar-refractivity contribution in [2.24, 2.45) is 5.92 Å². The fraction of sp³-hybridized carbons (Fsp3) is 0.100. The van der Waals surface area contributed by atoms with Crippen LogP contribution >= 0.6 is 18.6 Å². The zero-order chi connectivity index (χ0) is 16.1. The standard InChI is InChI=1S/C20H15.2ClH.Ti/c1-2-6-15(7-3-1)18-10-11-19(12-18)20-13-16-8-4-5-9-17(16)14-20;;;/h2-13,19H,14H2;2*1H;/q-1;;;+2/p-2. The maximum absolute atomic E-state index is 4.89. The predicted molar refractivity (Wildman–Crippen MR) is 95.7 cm³/mol. The van der Waals surface area contributed by atoms with E-state index in [9.17, 15) is 0 Å². The molecule has 114 valence electrons. The molecule has 2 aromatic rings. The topological polar surface area (TPSA) is 0 Å². The third-order valence-electron chi connectivity index (χ3n) is 4.11. The Morgan fingerprint density at radius 2 is 1.78 bits per heavy atom. The third kappa shape index (κ3) is 4.08. The Morgan fingerprint density at radius 3 is 2.52 bits per heavy atom. The van der Waals surface area contributed by atoms with Crippen molar-refractivity contribution in [1.82, 2.24) is 0 Å². The van der Waals surface area contributed by atoms with Gasteiger partial charge in [-0.1, -0.05) is 54.1 Å². The smallest absolute Gasteiger partial charge is 0.0175 e. The van der Waals surface area contributed by atoms with Gasteiger partial charge in [-0.3, -0.25) is 0 Å². The zero-order valence-corrected chi connectivity index (χ0v) is 15.5. The van der Waals surface area contributed by atoms with Crippen LogP contribution in [-0.2, 0) is 23.5 Å². The maximum Gasteiger partial charge on any atom is 0.0175 e. The van der Waals surface area contributed by atoms with Crippen LogP contribution in [0.1, 0.15) is 16.7 Å². The second-order valence-corrected chi connectivity index (χ2v) is 8.04. The fourth-order valence-corrected chi connectivity index (χ4v) is 3.04. The van der Waals surface area contributed by atoms with Crippen molar-refractivity contribution in [1.29, 1.82) is 0 Å². The van der Waals surface area contributed by atoms with Gasteiger partial charge in [-0.2, -0.15) is 30.3 Å². The van der Waals surface area contributed by atoms with Gasteiger partial charge in [0.05, 0.1) is 0 Å². The number of hydrogen-bond donors (Lipinski definition) is 0. The molecule has 1 unspecified atom stereocenters. The Kier molecular flexibility index (Phi) is 5.97. The summed E-state index contributed by atoms with van der Waals surface area (Å²) in [5, 5.41) is 0. The molecule has 0 N–H and O–H groups in total. The van der Waals surface area contributed by atoms with Crippen LogP contribution in [0, 0.1) is 12.0 Å². The first-order valence-corrected chi connectivity index (χ1v) is 11.7. The number of benzene rings is 2. The number of halogens is 2. The van der Waals surface area contributed by atoms with Crippen molar-refractivity contribution in [2.75, 3.05) is 0 Å². The first-order valence-electron chi connectivity index (χ1n) is 7.43. The molecule has 0 radical (unpaired) electrons. The molecule has 2 aromatic carbocycles. The van der Waals surface area contributed by atoms with Crippen molar-refractivity contribution < 1.29 is 17.0 Å². The molecular weight excluding hydrogens is 359 g/mol. The van der Waals surface area contributed by atoms with E-state index in [1.54, 1.807) is 0 Å². The molecule has 0 aromatic heterocycles. The molecule has 0 saturated carbocycles. The van der Waals surface area contributed by atoms with E-state index in [-0.39, 0.29) is 0 Å². The van der Waals surface area contributed by atoms with Crippen LogP contribution in [0.15, 0.2) is 72.3 Å². The maximum atomic E-state index is 4.89. The molecule has 0 nitrogen and oxygen atoms in total. The molecule has 0 spiro atoms. The minimum atomic E-state index is -0.556. The molecule has 1 atom stereocenters. The summed E-state index contributed by atoms with van der Waals surface area (Å²) < 4.78 is 0. The van der Waals surface area contributed by atoms with E-state index in [1.165, 1.54) is 27.8 Å². The summed E-state index contributed by atoms with van der Waals surface area (Å²) in [5.41, 5.74) is 6.93. The Bertz CT molecular complexity index is 760. The van der Waals surface area contributed by atoms with Crippen LogP contribution < -0.4 is 0 Å². The first kappa shape index (κ1) is 16.8. The van der Waals surface area contributed by atoms with Crippen molar-refractivity contribution in [3.05, 3.63) is 95.1 Å². The molecular formula is C20H15Cl2Ti-. The van der Waals surface area contributed by atoms with Crippen LogP contribution in [0.2, 0.25) is 0 Å². The van der Waals surface area contributed by atoms with E-state index in [0.717, 1.165) is 6.42 Å². The van der Waals surface area contributed by atoms with Crippen molar-refractivity contribution in [3.63, 3.8) is 0 Å². The van der Waals surface area contributed by atoms with Crippen LogP contribution in [0.25, 0.3) is 11.6 Å². The van der Waals surface area contributed by atoms with E-state index >= 15 is 0 Å². The van der Waals surface area contributed by atoms with Crippen molar-refractivity contribution in [3.8, 4) is 0 Å². The summed E-state index contributed by atoms with van der Waals surface area (Å²) in [6.07, 6.45) is 10.3. The first-order chi connectivity index (χ1) is 11.3. The van der Waals surface area contributed by atoms with Gasteiger partial charge in [0.25, 0.3) is 0 Å². The molecule has 3 heteroatoms. The van der Waals surface area contributed by atoms with Gasteiger partial charge in [0.1, 0.15) is 0 Å². The second-order valence-electron chi connectivity index (χ2n) is 5.46. The number of rotatable bonds is 2. The normalized spacial score (nSPS) is 17.7. The summed E-state index contributed by atoms with van der Waals surface area (Å²) in [6, 6.07) is 19.9. The summed E-state index contributed by atoms with van der Waals surface area (Å²) >= 11 is -0.556. The molecule has 2 aliphatic rings. The van der Waals surface area contributed by atoms with Gasteiger partial charge in [-0.25, -0.2) is 0 Å². The predicted octanol–water partition coefficient (Wildman–Crippen LogP) is 6.07. The van der Waals surface area contributed by atoms with Crippen molar-refractivity contribution >= 4 is 30.3 Å². The minimum absolute atomic E-state index is 0.446. The monoisotopic (exact) mass is 373 g/mol. The molecule has 0 heterocycles. The summed E-state index contributed by atoms with van der Waals surface area (Å²) in [6.45, 7) is 0. The zero-order valence-electron chi connectivity index (χ0n) is 12.5. The molecule has 0 amide bonds. The molecule has 23 heavy (non-hydrogen) atoms. The Hall–Kier alpha value is -1.05. The van der Waals surface area contributed by atoms with Crippen LogP contribution in [-0.4, -0.2) is 0 Å². The largest absolute Gasteiger partial charge is 0.184 e. The molecule has 2 aliphatic carbocycles. The van der Waals surface area contributed by atoms with E-state index in [1.807, 2.05) is 12.1 Å². The molecule has 0 bridgehead atoms. The van der Waals surface area contributed by atoms with E-state index in [2.05, 4.69) is 66.8 Å². The van der Waals surface area contributed by atoms with Gasteiger partial charge >= 0.3 is 35.6 Å². The van der Waals surface area contributed by atoms with Gasteiger partial charge in [0.15, 0.2) is 0 Å². The fourth-order valence-electron chi connectivity index (χ4n) is 3.04. The van der Waals surface area contributed by atoms with Crippen LogP contribution in [0.5, 0.6) is 0 Å². The molecule has 4 rings (SSSR count). The van der Waals surface area contributed by atoms with E-state index in [4.69, 9.17) is 18.6 Å². The van der Waals surface area contributed by atoms with Gasteiger partial charge in [-0.05, 0) is 23.1 Å². The quantitative estimate of drug-likeness (QED) is 0.442. The Balaban J connectivity index is 0.000000485. The van der Waals surface area contributed by atoms with Gasteiger partial charge in [0, 0.05) is 5.92 Å². The van der Waals surface area contributed by atoms with Gasteiger partial charge in [-0.15, -0.1) is 5.56 Å². The van der Waals surface area contributed by atoms with Crippen molar-refractivity contribution in [2.45, 2.75) is 6.42 Å². The second kappa shape index (κ2) is 8.17.